The predicted molar refractivity (Wildman–Crippen MR) is 46.0 cm³/mol. The van der Waals surface area contributed by atoms with Crippen molar-refractivity contribution in [2.45, 2.75) is 0 Å². The van der Waals surface area contributed by atoms with Crippen LogP contribution in [0.3, 0.4) is 0 Å². The Balaban J connectivity index is 2.81. The highest BCUT2D eigenvalue weighted by Gasteiger charge is 2.17. The lowest BCUT2D eigenvalue weighted by atomic mass is 10.3. The van der Waals surface area contributed by atoms with E-state index in [1.165, 1.54) is 5.38 Å². The maximum atomic E-state index is 11.0. The van der Waals surface area contributed by atoms with E-state index in [1.54, 1.807) is 0 Å². The van der Waals surface area contributed by atoms with Crippen LogP contribution in [0.4, 0.5) is 9.80 Å². The molecule has 0 aliphatic rings. The molecule has 1 amide bonds. The highest BCUT2D eigenvalue weighted by atomic mass is 32.1. The fourth-order valence-electron chi connectivity index (χ4n) is 0.678. The number of nitro groups is 1. The Morgan fingerprint density at radius 3 is 2.64 bits per heavy atom. The minimum Gasteiger partial charge on any atom is -0.373 e. The van der Waals surface area contributed by atoms with Crippen LogP contribution in [0.25, 0.3) is 0 Å². The summed E-state index contributed by atoms with van der Waals surface area (Å²) in [6.07, 6.45) is -1.25. The molecule has 0 radical (unpaired) electrons. The van der Waals surface area contributed by atoms with E-state index in [4.69, 9.17) is 0 Å². The van der Waals surface area contributed by atoms with Crippen molar-refractivity contribution in [3.8, 4) is 0 Å². The summed E-state index contributed by atoms with van der Waals surface area (Å²) in [5.74, 6) is -0.998. The maximum absolute atomic E-state index is 11.0. The molecule has 0 aliphatic carbocycles. The largest absolute Gasteiger partial charge is 0.412 e. The zero-order chi connectivity index (χ0) is 10.7. The minimum absolute atomic E-state index is 0.0690. The molecule has 0 saturated carbocycles. The molecule has 0 fully saturated rings. The average Bonchev–Trinajstić information content (AvgIpc) is 2.50. The van der Waals surface area contributed by atoms with Gasteiger partial charge in [0, 0.05) is 11.4 Å². The minimum atomic E-state index is -1.25. The highest BCUT2D eigenvalue weighted by molar-refractivity contribution is 7.13. The van der Waals surface area contributed by atoms with E-state index >= 15 is 0 Å². The molecule has 2 N–H and O–H groups in total. The molecule has 1 aromatic rings. The van der Waals surface area contributed by atoms with Crippen molar-refractivity contribution in [1.29, 1.82) is 0 Å². The van der Waals surface area contributed by atoms with Crippen molar-refractivity contribution in [2.75, 3.05) is 0 Å². The number of nitrogens with two attached hydrogens (primary N) is 1. The number of nitrogens with zero attached hydrogens (tertiary/aromatic N) is 1. The first-order valence-electron chi connectivity index (χ1n) is 3.25. The summed E-state index contributed by atoms with van der Waals surface area (Å²) in [5.41, 5.74) is 4.52. The average molecular weight is 216 g/mol. The molecule has 14 heavy (non-hydrogen) atoms. The van der Waals surface area contributed by atoms with Crippen LogP contribution in [0, 0.1) is 10.1 Å². The molecular weight excluding hydrogens is 212 g/mol. The topological polar surface area (TPSA) is 113 Å². The van der Waals surface area contributed by atoms with E-state index in [-0.39, 0.29) is 10.6 Å². The van der Waals surface area contributed by atoms with Gasteiger partial charge in [0.25, 0.3) is 0 Å². The quantitative estimate of drug-likeness (QED) is 0.341. The second-order valence-electron chi connectivity index (χ2n) is 2.14. The predicted octanol–water partition coefficient (Wildman–Crippen LogP) is 0.892. The Labute approximate surface area is 81.2 Å². The van der Waals surface area contributed by atoms with Gasteiger partial charge in [-0.2, -0.15) is 0 Å². The van der Waals surface area contributed by atoms with Crippen molar-refractivity contribution in [2.24, 2.45) is 5.73 Å². The van der Waals surface area contributed by atoms with Gasteiger partial charge in [0.15, 0.2) is 0 Å². The molecule has 0 unspecified atom stereocenters. The highest BCUT2D eigenvalue weighted by Crippen LogP contribution is 2.22. The SMILES string of the molecule is NC(=O)OC(=O)c1csc([N+](=O)[O-])c1. The number of thiophene rings is 1. The fraction of sp³-hybridized carbons (Fsp3) is 0. The molecule has 7 nitrogen and oxygen atoms in total. The van der Waals surface area contributed by atoms with Gasteiger partial charge in [0.2, 0.25) is 0 Å². The van der Waals surface area contributed by atoms with E-state index < -0.39 is 17.0 Å². The van der Waals surface area contributed by atoms with Crippen LogP contribution in [-0.2, 0) is 4.74 Å². The van der Waals surface area contributed by atoms with Crippen molar-refractivity contribution in [1.82, 2.24) is 0 Å². The van der Waals surface area contributed by atoms with Gasteiger partial charge in [-0.15, -0.1) is 0 Å². The summed E-state index contributed by atoms with van der Waals surface area (Å²) >= 11 is 0.761. The van der Waals surface area contributed by atoms with Crippen LogP contribution >= 0.6 is 11.3 Å². The maximum Gasteiger partial charge on any atom is 0.412 e. The van der Waals surface area contributed by atoms with Gasteiger partial charge < -0.3 is 10.5 Å². The van der Waals surface area contributed by atoms with Crippen LogP contribution < -0.4 is 5.73 Å². The standard InChI is InChI=1S/C6H4N2O5S/c7-6(10)13-5(9)3-1-4(8(11)12)14-2-3/h1-2H,(H2,7,10). The zero-order valence-electron chi connectivity index (χ0n) is 6.63. The van der Waals surface area contributed by atoms with Gasteiger partial charge in [-0.25, -0.2) is 9.59 Å². The molecule has 0 saturated heterocycles. The number of amides is 1. The van der Waals surface area contributed by atoms with Crippen molar-refractivity contribution >= 4 is 28.4 Å². The third-order valence-corrected chi connectivity index (χ3v) is 2.07. The number of primary amides is 1. The molecule has 0 bridgehead atoms. The summed E-state index contributed by atoms with van der Waals surface area (Å²) in [6.45, 7) is 0. The number of carbonyl (C=O) groups is 2. The van der Waals surface area contributed by atoms with E-state index in [0.29, 0.717) is 0 Å². The first-order chi connectivity index (χ1) is 6.50. The van der Waals surface area contributed by atoms with E-state index in [1.807, 2.05) is 0 Å². The van der Waals surface area contributed by atoms with E-state index in [9.17, 15) is 19.7 Å². The Hall–Kier alpha value is -1.96. The number of carbonyl (C=O) groups excluding carboxylic acids is 2. The number of rotatable bonds is 2. The first-order valence-corrected chi connectivity index (χ1v) is 4.13. The summed E-state index contributed by atoms with van der Waals surface area (Å²) < 4.78 is 4.01. The Bertz CT molecular complexity index is 399. The van der Waals surface area contributed by atoms with Crippen molar-refractivity contribution in [3.63, 3.8) is 0 Å². The van der Waals surface area contributed by atoms with E-state index in [2.05, 4.69) is 10.5 Å². The van der Waals surface area contributed by atoms with Crippen LogP contribution in [0.2, 0.25) is 0 Å². The molecule has 8 heteroatoms. The normalized spacial score (nSPS) is 9.43. The molecule has 0 spiro atoms. The summed E-state index contributed by atoms with van der Waals surface area (Å²) in [7, 11) is 0. The first kappa shape index (κ1) is 10.1. The van der Waals surface area contributed by atoms with Crippen LogP contribution in [0.1, 0.15) is 10.4 Å². The molecule has 1 rings (SSSR count). The fourth-order valence-corrected chi connectivity index (χ4v) is 1.37. The van der Waals surface area contributed by atoms with Gasteiger partial charge in [-0.1, -0.05) is 11.3 Å². The van der Waals surface area contributed by atoms with Gasteiger partial charge in [-0.05, 0) is 0 Å². The molecule has 0 aromatic carbocycles. The van der Waals surface area contributed by atoms with Crippen LogP contribution in [-0.4, -0.2) is 17.0 Å². The molecule has 1 aromatic heterocycles. The number of esters is 1. The lowest BCUT2D eigenvalue weighted by Crippen LogP contribution is -2.17. The Kier molecular flexibility index (Phi) is 2.77. The zero-order valence-corrected chi connectivity index (χ0v) is 7.45. The molecule has 0 aliphatic heterocycles. The van der Waals surface area contributed by atoms with Gasteiger partial charge in [0.05, 0.1) is 10.5 Å². The van der Waals surface area contributed by atoms with Gasteiger partial charge in [-0.3, -0.25) is 10.1 Å². The number of hydrogen-bond acceptors (Lipinski definition) is 6. The van der Waals surface area contributed by atoms with Crippen LogP contribution in [0.5, 0.6) is 0 Å². The lowest BCUT2D eigenvalue weighted by molar-refractivity contribution is -0.380. The third kappa shape index (κ3) is 2.26. The molecule has 0 atom stereocenters. The van der Waals surface area contributed by atoms with Crippen LogP contribution in [0.15, 0.2) is 11.4 Å². The third-order valence-electron chi connectivity index (χ3n) is 1.19. The van der Waals surface area contributed by atoms with E-state index in [0.717, 1.165) is 17.4 Å². The second-order valence-corrected chi connectivity index (χ2v) is 3.03. The molecule has 74 valence electrons. The van der Waals surface area contributed by atoms with Crippen molar-refractivity contribution < 1.29 is 19.2 Å². The molecule has 1 heterocycles. The number of hydrogen-bond donors (Lipinski definition) is 1. The Morgan fingerprint density at radius 1 is 1.57 bits per heavy atom. The Morgan fingerprint density at radius 2 is 2.21 bits per heavy atom. The number of ether oxygens (including phenoxy) is 1. The monoisotopic (exact) mass is 216 g/mol. The lowest BCUT2D eigenvalue weighted by Gasteiger charge is -1.93. The summed E-state index contributed by atoms with van der Waals surface area (Å²) in [4.78, 5) is 30.7. The smallest absolute Gasteiger partial charge is 0.373 e. The second kappa shape index (κ2) is 3.83. The molecular formula is C6H4N2O5S. The van der Waals surface area contributed by atoms with Gasteiger partial charge in [0.1, 0.15) is 0 Å². The van der Waals surface area contributed by atoms with Gasteiger partial charge >= 0.3 is 17.1 Å². The van der Waals surface area contributed by atoms with Crippen molar-refractivity contribution in [3.05, 3.63) is 27.1 Å². The summed E-state index contributed by atoms with van der Waals surface area (Å²) in [5, 5.41) is 11.2. The summed E-state index contributed by atoms with van der Waals surface area (Å²) in [6, 6.07) is 1.01.